The molecule has 4 rings (SSSR count). The molecule has 10 heteroatoms. The lowest BCUT2D eigenvalue weighted by Gasteiger charge is -2.40. The van der Waals surface area contributed by atoms with Gasteiger partial charge >= 0.3 is 6.61 Å². The number of para-hydroxylation sites is 1. The number of amides is 2. The van der Waals surface area contributed by atoms with Crippen molar-refractivity contribution in [1.82, 2.24) is 10.2 Å². The molecular weight excluding hydrogens is 518 g/mol. The molecule has 0 radical (unpaired) electrons. The van der Waals surface area contributed by atoms with Crippen molar-refractivity contribution in [3.63, 3.8) is 0 Å². The number of hydrogen-bond donors (Lipinski definition) is 2. The second-order valence-corrected chi connectivity index (χ2v) is 11.0. The molecule has 2 aromatic carbocycles. The van der Waals surface area contributed by atoms with Gasteiger partial charge < -0.3 is 20.5 Å². The molecule has 0 spiro atoms. The first-order chi connectivity index (χ1) is 19.0. The highest BCUT2D eigenvalue weighted by atomic mass is 19.3. The van der Waals surface area contributed by atoms with E-state index in [4.69, 9.17) is 10.5 Å². The lowest BCUT2D eigenvalue weighted by molar-refractivity contribution is -0.137. The molecule has 0 bridgehead atoms. The summed E-state index contributed by atoms with van der Waals surface area (Å²) >= 11 is 0. The lowest BCUT2D eigenvalue weighted by Crippen LogP contribution is -2.52. The summed E-state index contributed by atoms with van der Waals surface area (Å²) in [4.78, 5) is 32.9. The number of nitrogens with one attached hydrogen (secondary N) is 1. The number of nitrogens with two attached hydrogens (primary N) is 1. The topological polar surface area (TPSA) is 106 Å². The summed E-state index contributed by atoms with van der Waals surface area (Å²) in [5.74, 6) is 0.224. The summed E-state index contributed by atoms with van der Waals surface area (Å²) in [6.07, 6.45) is 2.07. The first-order valence-corrected chi connectivity index (χ1v) is 13.7. The number of guanidine groups is 1. The van der Waals surface area contributed by atoms with E-state index in [0.29, 0.717) is 30.4 Å². The van der Waals surface area contributed by atoms with Gasteiger partial charge in [0.25, 0.3) is 5.91 Å². The Kier molecular flexibility index (Phi) is 8.77. The fourth-order valence-corrected chi connectivity index (χ4v) is 5.60. The quantitative estimate of drug-likeness (QED) is 0.402. The van der Waals surface area contributed by atoms with Gasteiger partial charge in [-0.1, -0.05) is 44.2 Å². The fraction of sp³-hybridized carbons (Fsp3) is 0.500. The standard InChI is InChI=1S/C30H38F2N4O4/c1-5-30(6-2)18-25(37)36(28(33)35-30)23(14-15-39-27(31)32)19-10-9-11-20(16-19)26(38)34-22-17-29(3,4)40-24-13-8-7-12-21(22)24/h7-13,16,22-23,27H,5-6,14-15,17-18H2,1-4H3,(H2,33,35)(H,34,38)/t22-,23+/m0/s1. The van der Waals surface area contributed by atoms with Crippen molar-refractivity contribution in [2.75, 3.05) is 6.61 Å². The predicted molar refractivity (Wildman–Crippen MR) is 148 cm³/mol. The minimum absolute atomic E-state index is 0.0397. The number of ether oxygens (including phenoxy) is 2. The third-order valence-electron chi connectivity index (χ3n) is 7.83. The zero-order valence-corrected chi connectivity index (χ0v) is 23.5. The van der Waals surface area contributed by atoms with Gasteiger partial charge in [-0.05, 0) is 56.9 Å². The third kappa shape index (κ3) is 6.43. The highest BCUT2D eigenvalue weighted by molar-refractivity contribution is 6.00. The Hall–Kier alpha value is -3.53. The molecule has 0 saturated heterocycles. The van der Waals surface area contributed by atoms with Crippen LogP contribution in [-0.2, 0) is 9.53 Å². The third-order valence-corrected chi connectivity index (χ3v) is 7.83. The van der Waals surface area contributed by atoms with Crippen LogP contribution >= 0.6 is 0 Å². The summed E-state index contributed by atoms with van der Waals surface area (Å²) in [5, 5.41) is 3.12. The van der Waals surface area contributed by atoms with E-state index in [0.717, 1.165) is 11.3 Å². The molecule has 0 aromatic heterocycles. The van der Waals surface area contributed by atoms with Gasteiger partial charge in [0.15, 0.2) is 5.96 Å². The van der Waals surface area contributed by atoms with Gasteiger partial charge in [-0.25, -0.2) is 4.99 Å². The van der Waals surface area contributed by atoms with Crippen LogP contribution < -0.4 is 15.8 Å². The van der Waals surface area contributed by atoms with Crippen LogP contribution in [0.15, 0.2) is 53.5 Å². The Balaban J connectivity index is 1.63. The van der Waals surface area contributed by atoms with E-state index in [9.17, 15) is 18.4 Å². The minimum Gasteiger partial charge on any atom is -0.487 e. The summed E-state index contributed by atoms with van der Waals surface area (Å²) in [5.41, 5.74) is 7.12. The maximum atomic E-state index is 13.5. The second kappa shape index (κ2) is 11.9. The van der Waals surface area contributed by atoms with E-state index in [1.165, 1.54) is 4.90 Å². The molecule has 0 unspecified atom stereocenters. The van der Waals surface area contributed by atoms with Crippen molar-refractivity contribution in [1.29, 1.82) is 0 Å². The van der Waals surface area contributed by atoms with Crippen molar-refractivity contribution < 1.29 is 27.8 Å². The Morgan fingerprint density at radius 3 is 2.60 bits per heavy atom. The number of carbonyl (C=O) groups excluding carboxylic acids is 2. The molecule has 8 nitrogen and oxygen atoms in total. The maximum absolute atomic E-state index is 13.5. The first-order valence-electron chi connectivity index (χ1n) is 13.7. The van der Waals surface area contributed by atoms with Gasteiger partial charge in [-0.2, -0.15) is 8.78 Å². The van der Waals surface area contributed by atoms with Crippen LogP contribution in [0, 0.1) is 0 Å². The Bertz CT molecular complexity index is 1260. The number of aliphatic imine (C=N–C) groups is 1. The number of benzene rings is 2. The SMILES string of the molecule is CCC1(CC)CC(=O)N([C@H](CCOC(F)F)c2cccc(C(=O)N[C@H]3CC(C)(C)Oc4ccccc43)c2)C(N)=N1. The monoisotopic (exact) mass is 556 g/mol. The number of carbonyl (C=O) groups is 2. The van der Waals surface area contributed by atoms with Gasteiger partial charge in [-0.3, -0.25) is 14.5 Å². The highest BCUT2D eigenvalue weighted by Gasteiger charge is 2.40. The van der Waals surface area contributed by atoms with Crippen molar-refractivity contribution >= 4 is 17.8 Å². The molecular formula is C30H38F2N4O4. The molecule has 0 fully saturated rings. The van der Waals surface area contributed by atoms with E-state index < -0.39 is 23.8 Å². The van der Waals surface area contributed by atoms with Crippen molar-refractivity contribution in [3.8, 4) is 5.75 Å². The Morgan fingerprint density at radius 2 is 1.93 bits per heavy atom. The van der Waals surface area contributed by atoms with E-state index >= 15 is 0 Å². The van der Waals surface area contributed by atoms with Crippen LogP contribution in [0.2, 0.25) is 0 Å². The number of halogens is 2. The fourth-order valence-electron chi connectivity index (χ4n) is 5.60. The molecule has 216 valence electrons. The van der Waals surface area contributed by atoms with E-state index in [2.05, 4.69) is 15.0 Å². The second-order valence-electron chi connectivity index (χ2n) is 11.0. The van der Waals surface area contributed by atoms with Gasteiger partial charge in [0, 0.05) is 17.5 Å². The molecule has 2 aromatic rings. The van der Waals surface area contributed by atoms with Crippen LogP contribution in [0.4, 0.5) is 8.78 Å². The molecule has 0 saturated carbocycles. The number of fused-ring (bicyclic) bond motifs is 1. The Morgan fingerprint density at radius 1 is 1.20 bits per heavy atom. The molecule has 2 heterocycles. The van der Waals surface area contributed by atoms with E-state index in [-0.39, 0.29) is 43.3 Å². The molecule has 2 amide bonds. The molecule has 0 aliphatic carbocycles. The van der Waals surface area contributed by atoms with Gasteiger partial charge in [0.05, 0.1) is 30.7 Å². The smallest absolute Gasteiger partial charge is 0.345 e. The maximum Gasteiger partial charge on any atom is 0.345 e. The number of hydrogen-bond acceptors (Lipinski definition) is 6. The summed E-state index contributed by atoms with van der Waals surface area (Å²) in [7, 11) is 0. The summed E-state index contributed by atoms with van der Waals surface area (Å²) in [6, 6.07) is 13.4. The van der Waals surface area contributed by atoms with Crippen molar-refractivity contribution in [2.45, 2.75) is 89.6 Å². The Labute approximate surface area is 233 Å². The zero-order chi connectivity index (χ0) is 29.1. The van der Waals surface area contributed by atoms with Crippen molar-refractivity contribution in [3.05, 3.63) is 65.2 Å². The predicted octanol–water partition coefficient (Wildman–Crippen LogP) is 5.50. The van der Waals surface area contributed by atoms with Gasteiger partial charge in [0.2, 0.25) is 5.91 Å². The number of alkyl halides is 2. The number of rotatable bonds is 10. The van der Waals surface area contributed by atoms with Crippen LogP contribution in [0.25, 0.3) is 0 Å². The normalized spacial score (nSPS) is 20.4. The van der Waals surface area contributed by atoms with Crippen LogP contribution in [-0.4, -0.2) is 47.0 Å². The molecule has 2 aliphatic rings. The van der Waals surface area contributed by atoms with E-state index in [1.807, 2.05) is 52.0 Å². The van der Waals surface area contributed by atoms with Crippen molar-refractivity contribution in [2.24, 2.45) is 10.7 Å². The molecule has 3 N–H and O–H groups in total. The molecule has 40 heavy (non-hydrogen) atoms. The van der Waals surface area contributed by atoms with Crippen LogP contribution in [0.1, 0.15) is 93.4 Å². The number of nitrogens with zero attached hydrogens (tertiary/aromatic N) is 2. The highest BCUT2D eigenvalue weighted by Crippen LogP contribution is 2.39. The summed E-state index contributed by atoms with van der Waals surface area (Å²) < 4.78 is 36.2. The minimum atomic E-state index is -2.94. The van der Waals surface area contributed by atoms with Gasteiger partial charge in [-0.15, -0.1) is 0 Å². The summed E-state index contributed by atoms with van der Waals surface area (Å²) in [6.45, 7) is 4.61. The average molecular weight is 557 g/mol. The van der Waals surface area contributed by atoms with Gasteiger partial charge in [0.1, 0.15) is 11.4 Å². The molecule has 2 aliphatic heterocycles. The molecule has 2 atom stereocenters. The largest absolute Gasteiger partial charge is 0.487 e. The zero-order valence-electron chi connectivity index (χ0n) is 23.5. The lowest BCUT2D eigenvalue weighted by atomic mass is 9.87. The first kappa shape index (κ1) is 29.5. The van der Waals surface area contributed by atoms with Crippen LogP contribution in [0.3, 0.4) is 0 Å². The average Bonchev–Trinajstić information content (AvgIpc) is 2.91. The van der Waals surface area contributed by atoms with E-state index in [1.54, 1.807) is 24.3 Å². The van der Waals surface area contributed by atoms with Crippen LogP contribution in [0.5, 0.6) is 5.75 Å².